The van der Waals surface area contributed by atoms with Gasteiger partial charge in [0.05, 0.1) is 27.6 Å². The molecule has 12 heteroatoms. The summed E-state index contributed by atoms with van der Waals surface area (Å²) >= 11 is 6.26. The number of hydrogen-bond donors (Lipinski definition) is 3. The summed E-state index contributed by atoms with van der Waals surface area (Å²) in [5.41, 5.74) is 5.42. The summed E-state index contributed by atoms with van der Waals surface area (Å²) in [6.45, 7) is 1.92. The van der Waals surface area contributed by atoms with Crippen molar-refractivity contribution in [3.63, 3.8) is 0 Å². The third-order valence-corrected chi connectivity index (χ3v) is 10.8. The number of carbonyl (C=O) groups excluding carboxylic acids is 2. The van der Waals surface area contributed by atoms with Crippen molar-refractivity contribution >= 4 is 73.3 Å². The number of aryl methyl sites for hydroxylation is 1. The van der Waals surface area contributed by atoms with Crippen LogP contribution >= 0.6 is 11.6 Å². The Morgan fingerprint density at radius 1 is 0.617 bits per heavy atom. The van der Waals surface area contributed by atoms with E-state index in [9.17, 15) is 24.7 Å². The van der Waals surface area contributed by atoms with Crippen LogP contribution in [0.2, 0.25) is 5.02 Å². The third-order valence-electron chi connectivity index (χ3n) is 10.5. The molecule has 1 unspecified atom stereocenters. The van der Waals surface area contributed by atoms with Crippen molar-refractivity contribution in [1.82, 2.24) is 0 Å². The van der Waals surface area contributed by atoms with E-state index in [1.165, 1.54) is 0 Å². The highest BCUT2D eigenvalue weighted by atomic mass is 35.5. The second-order valence-electron chi connectivity index (χ2n) is 14.3. The van der Waals surface area contributed by atoms with Gasteiger partial charge in [0.1, 0.15) is 23.2 Å². The number of halogens is 1. The molecule has 8 aromatic rings. The van der Waals surface area contributed by atoms with Gasteiger partial charge in [-0.15, -0.1) is 15.1 Å². The van der Waals surface area contributed by atoms with Crippen LogP contribution in [0.15, 0.2) is 171 Å². The largest absolute Gasteiger partial charge is 0.505 e. The highest BCUT2D eigenvalue weighted by Gasteiger charge is 2.28. The van der Waals surface area contributed by atoms with Crippen molar-refractivity contribution in [1.29, 1.82) is 0 Å². The van der Waals surface area contributed by atoms with Gasteiger partial charge in [-0.3, -0.25) is 9.59 Å². The fourth-order valence-corrected chi connectivity index (χ4v) is 7.71. The smallest absolute Gasteiger partial charge is 0.259 e. The molecule has 0 aliphatic heterocycles. The van der Waals surface area contributed by atoms with Crippen LogP contribution in [0.3, 0.4) is 0 Å². The molecule has 0 heterocycles. The van der Waals surface area contributed by atoms with Gasteiger partial charge in [-0.1, -0.05) is 119 Å². The summed E-state index contributed by atoms with van der Waals surface area (Å²) in [5.74, 6) is -1.42. The van der Waals surface area contributed by atoms with Crippen molar-refractivity contribution in [3.8, 4) is 22.6 Å². The highest BCUT2D eigenvalue weighted by molar-refractivity contribution is 6.34. The van der Waals surface area contributed by atoms with Gasteiger partial charge in [0.25, 0.3) is 5.91 Å². The lowest BCUT2D eigenvalue weighted by Gasteiger charge is -2.15. The molecule has 0 spiro atoms. The molecule has 0 aromatic heterocycles. The number of nitrogens with one attached hydrogen (secondary N) is 1. The number of rotatable bonds is 9. The van der Waals surface area contributed by atoms with Crippen molar-refractivity contribution in [2.75, 3.05) is 5.32 Å². The van der Waals surface area contributed by atoms with Gasteiger partial charge in [0, 0.05) is 27.5 Å². The Hall–Kier alpha value is -7.89. The molecule has 9 rings (SSSR count). The fraction of sp³-hybridized carbons (Fsp3) is 0.0417. The molecule has 3 N–H and O–H groups in total. The van der Waals surface area contributed by atoms with Crippen molar-refractivity contribution in [2.24, 2.45) is 25.6 Å². The van der Waals surface area contributed by atoms with Crippen molar-refractivity contribution in [2.45, 2.75) is 13.0 Å². The maximum absolute atomic E-state index is 13.9. The standard InChI is InChI=1S/C48H31ClN6O5/c1-26-9-8-12-29(21-26)42(55-60)38-22-27-10-2-4-13-32(27)43(46(38)57)53-51-30-17-19-34-35-20-18-31(25-37(35)45(56)36(34)24-30)52-54-44-33-14-5-3-11-28(33)23-39(47(44)58)48(59)50-41-16-7-6-15-40(41)49/h2-25,42,57-58H,1H3,(H,50,59). The minimum Gasteiger partial charge on any atom is -0.505 e. The number of amides is 1. The molecule has 0 saturated carbocycles. The summed E-state index contributed by atoms with van der Waals surface area (Å²) in [6.07, 6.45) is 0. The number of phenolic OH excluding ortho intramolecular Hbond substituents is 2. The Balaban J connectivity index is 1.01. The Labute approximate surface area is 347 Å². The minimum atomic E-state index is -0.981. The monoisotopic (exact) mass is 806 g/mol. The molecule has 0 saturated heterocycles. The number of para-hydroxylation sites is 1. The van der Waals surface area contributed by atoms with Gasteiger partial charge in [0.2, 0.25) is 0 Å². The SMILES string of the molecule is Cc1cccc(C(N=O)c2cc3ccccc3c(N=Nc3ccc4c(c3)C(=O)c3cc(N=Nc5c(O)c(C(=O)Nc6ccccc6Cl)cc6ccccc56)ccc3-4)c2O)c1. The average molecular weight is 807 g/mol. The van der Waals surface area contributed by atoms with Crippen LogP contribution in [0.5, 0.6) is 11.5 Å². The molecular formula is C48H31ClN6O5. The number of anilines is 1. The number of azo groups is 2. The van der Waals surface area contributed by atoms with Crippen LogP contribution < -0.4 is 5.32 Å². The molecule has 8 aromatic carbocycles. The van der Waals surface area contributed by atoms with Crippen LogP contribution in [0, 0.1) is 11.8 Å². The van der Waals surface area contributed by atoms with Crippen LogP contribution in [0.4, 0.5) is 28.4 Å². The Kier molecular flexibility index (Phi) is 9.71. The van der Waals surface area contributed by atoms with Crippen LogP contribution in [0.25, 0.3) is 32.7 Å². The number of fused-ring (bicyclic) bond motifs is 5. The van der Waals surface area contributed by atoms with Gasteiger partial charge < -0.3 is 15.5 Å². The normalized spacial score (nSPS) is 12.6. The van der Waals surface area contributed by atoms with E-state index >= 15 is 0 Å². The van der Waals surface area contributed by atoms with Gasteiger partial charge in [-0.25, -0.2) is 0 Å². The zero-order valence-corrected chi connectivity index (χ0v) is 32.4. The molecular weight excluding hydrogens is 776 g/mol. The molecule has 1 amide bonds. The van der Waals surface area contributed by atoms with E-state index in [1.54, 1.807) is 103 Å². The van der Waals surface area contributed by atoms with E-state index in [-0.39, 0.29) is 34.2 Å². The lowest BCUT2D eigenvalue weighted by molar-refractivity contribution is 0.102. The molecule has 0 radical (unpaired) electrons. The third kappa shape index (κ3) is 6.82. The molecule has 60 heavy (non-hydrogen) atoms. The summed E-state index contributed by atoms with van der Waals surface area (Å²) in [6, 6.07) is 41.3. The summed E-state index contributed by atoms with van der Waals surface area (Å²) in [5, 5.41) is 49.7. The maximum atomic E-state index is 13.9. The lowest BCUT2D eigenvalue weighted by Crippen LogP contribution is -2.12. The van der Waals surface area contributed by atoms with Crippen LogP contribution in [-0.4, -0.2) is 21.9 Å². The zero-order valence-electron chi connectivity index (χ0n) is 31.7. The average Bonchev–Trinajstić information content (AvgIpc) is 3.53. The van der Waals surface area contributed by atoms with Crippen LogP contribution in [-0.2, 0) is 0 Å². The lowest BCUT2D eigenvalue weighted by atomic mass is 9.94. The van der Waals surface area contributed by atoms with Gasteiger partial charge in [-0.05, 0) is 82.9 Å². The first-order valence-corrected chi connectivity index (χ1v) is 19.2. The summed E-state index contributed by atoms with van der Waals surface area (Å²) < 4.78 is 0. The number of benzene rings is 8. The van der Waals surface area contributed by atoms with E-state index < -0.39 is 11.9 Å². The molecule has 11 nitrogen and oxygen atoms in total. The summed E-state index contributed by atoms with van der Waals surface area (Å²) in [4.78, 5) is 39.5. The Morgan fingerprint density at radius 2 is 1.20 bits per heavy atom. The number of nitrogens with zero attached hydrogens (tertiary/aromatic N) is 5. The highest BCUT2D eigenvalue weighted by Crippen LogP contribution is 2.46. The zero-order chi connectivity index (χ0) is 41.5. The number of hydrogen-bond acceptors (Lipinski definition) is 10. The minimum absolute atomic E-state index is 0.0179. The number of nitroso groups, excluding NO2 is 1. The van der Waals surface area contributed by atoms with E-state index in [2.05, 4.69) is 31.0 Å². The van der Waals surface area contributed by atoms with Crippen LogP contribution in [0.1, 0.15) is 49.0 Å². The molecule has 0 bridgehead atoms. The van der Waals surface area contributed by atoms with Gasteiger partial charge >= 0.3 is 0 Å². The number of ketones is 1. The first kappa shape index (κ1) is 37.7. The quantitative estimate of drug-likeness (QED) is 0.0974. The maximum Gasteiger partial charge on any atom is 0.259 e. The predicted octanol–water partition coefficient (Wildman–Crippen LogP) is 13.5. The predicted molar refractivity (Wildman–Crippen MR) is 233 cm³/mol. The molecule has 1 aliphatic rings. The van der Waals surface area contributed by atoms with Crippen molar-refractivity contribution in [3.05, 3.63) is 189 Å². The Morgan fingerprint density at radius 3 is 1.82 bits per heavy atom. The molecule has 1 atom stereocenters. The summed E-state index contributed by atoms with van der Waals surface area (Å²) in [7, 11) is 0. The molecule has 0 fully saturated rings. The molecule has 290 valence electrons. The van der Waals surface area contributed by atoms with Crippen molar-refractivity contribution < 1.29 is 19.8 Å². The first-order chi connectivity index (χ1) is 29.2. The van der Waals surface area contributed by atoms with E-state index in [1.807, 2.05) is 49.4 Å². The number of phenols is 2. The van der Waals surface area contributed by atoms with E-state index in [4.69, 9.17) is 11.6 Å². The number of carbonyl (C=O) groups is 2. The fourth-order valence-electron chi connectivity index (χ4n) is 7.52. The van der Waals surface area contributed by atoms with Gasteiger partial charge in [-0.2, -0.15) is 10.2 Å². The topological polar surface area (TPSA) is 166 Å². The van der Waals surface area contributed by atoms with E-state index in [0.717, 1.165) is 10.9 Å². The number of aromatic hydroxyl groups is 2. The second kappa shape index (κ2) is 15.5. The molecule has 1 aliphatic carbocycles. The van der Waals surface area contributed by atoms with E-state index in [0.29, 0.717) is 71.6 Å². The first-order valence-electron chi connectivity index (χ1n) is 18.8. The Bertz CT molecular complexity index is 3160. The van der Waals surface area contributed by atoms with Gasteiger partial charge in [0.15, 0.2) is 11.5 Å². The second-order valence-corrected chi connectivity index (χ2v) is 14.7.